The predicted octanol–water partition coefficient (Wildman–Crippen LogP) is 7.16. The third kappa shape index (κ3) is 8.71. The third-order valence-corrected chi connectivity index (χ3v) is 19.7. The normalized spacial score (nSPS) is 46.1. The van der Waals surface area contributed by atoms with Gasteiger partial charge < -0.3 is 43.4 Å². The summed E-state index contributed by atoms with van der Waals surface area (Å²) in [4.78, 5) is 72.4. The molecule has 7 fully saturated rings. The van der Waals surface area contributed by atoms with E-state index in [1.165, 1.54) is 41.5 Å². The van der Waals surface area contributed by atoms with Gasteiger partial charge in [-0.25, -0.2) is 0 Å². The molecule has 386 valence electrons. The lowest BCUT2D eigenvalue weighted by molar-refractivity contribution is -0.228. The molecule has 0 aromatic carbocycles. The molecule has 8 unspecified atom stereocenters. The number of rotatable bonds is 6. The molecule has 0 aromatic heterocycles. The highest BCUT2D eigenvalue weighted by Crippen LogP contribution is 2.71. The number of carbonyl (C=O) groups is 6. The zero-order valence-corrected chi connectivity index (χ0v) is 42.8. The average Bonchev–Trinajstić information content (AvgIpc) is 3.86. The molecule has 1 spiro atoms. The van der Waals surface area contributed by atoms with Gasteiger partial charge in [0.05, 0.1) is 5.60 Å². The minimum atomic E-state index is -1.32. The zero-order valence-electron chi connectivity index (χ0n) is 42.8. The molecule has 9 rings (SSSR count). The fourth-order valence-electron chi connectivity index (χ4n) is 16.9. The fourth-order valence-corrected chi connectivity index (χ4v) is 16.9. The summed E-state index contributed by atoms with van der Waals surface area (Å²) < 4.78 is 41.3. The molecule has 1 saturated heterocycles. The van der Waals surface area contributed by atoms with Crippen LogP contribution in [-0.4, -0.2) is 100 Å². The van der Waals surface area contributed by atoms with E-state index in [-0.39, 0.29) is 99.9 Å². The maximum Gasteiger partial charge on any atom is 0.303 e. The first-order valence-electron chi connectivity index (χ1n) is 25.7. The van der Waals surface area contributed by atoms with Crippen LogP contribution in [0.3, 0.4) is 0 Å². The third-order valence-electron chi connectivity index (χ3n) is 19.7. The molecule has 2 N–H and O–H groups in total. The standard InChI is InChI=1S/C28H40O8.C27H36O7/c1-15(29)33-19-6-9-26(4)18(12-19)13-21(34-16(2)30)24-20-7-10-28(11-8-23(32)36-28)27(20,5)14-22(25(24)26)35-17(3)31;1-7-27(31)11-9-20-23-21(33-16(3)29)13-18-12-19(32-15(2)28)8-10-25(18,5)24(23)22(34-17(4)30)14-26(20,27)6/h13,19-25,32H,6-12,14H2,1-5H3;1,13,19-24,31H,8-12,14H2,2-6H3/t19-,20?,21-,22+,23?,24?,25?,26-,27-,28?;19-,20?,21-,22+,23?,24?,25-,26-,27-/m00/s1. The van der Waals surface area contributed by atoms with E-state index in [2.05, 4.69) is 32.8 Å². The van der Waals surface area contributed by atoms with Gasteiger partial charge in [-0.05, 0) is 105 Å². The van der Waals surface area contributed by atoms with Gasteiger partial charge in [0.25, 0.3) is 0 Å². The summed E-state index contributed by atoms with van der Waals surface area (Å²) >= 11 is 0. The first-order chi connectivity index (χ1) is 32.7. The monoisotopic (exact) mass is 977 g/mol. The largest absolute Gasteiger partial charge is 0.462 e. The number of esters is 6. The number of aliphatic hydroxyl groups excluding tert-OH is 1. The molecule has 0 aromatic rings. The minimum absolute atomic E-state index is 0.00414. The Morgan fingerprint density at radius 3 is 1.37 bits per heavy atom. The smallest absolute Gasteiger partial charge is 0.303 e. The summed E-state index contributed by atoms with van der Waals surface area (Å²) in [6.07, 6.45) is 16.4. The summed E-state index contributed by atoms with van der Waals surface area (Å²) in [5, 5.41) is 21.8. The van der Waals surface area contributed by atoms with Crippen LogP contribution in [0.15, 0.2) is 23.3 Å². The van der Waals surface area contributed by atoms with Crippen molar-refractivity contribution < 1.29 is 72.1 Å². The van der Waals surface area contributed by atoms with E-state index in [1.54, 1.807) is 0 Å². The van der Waals surface area contributed by atoms with E-state index in [1.807, 2.05) is 13.0 Å². The van der Waals surface area contributed by atoms with Gasteiger partial charge in [0.15, 0.2) is 6.29 Å². The van der Waals surface area contributed by atoms with Crippen molar-refractivity contribution in [1.82, 2.24) is 0 Å². The van der Waals surface area contributed by atoms with Crippen LogP contribution in [-0.2, 0) is 61.9 Å². The zero-order chi connectivity index (χ0) is 51.1. The van der Waals surface area contributed by atoms with E-state index < -0.39 is 47.2 Å². The van der Waals surface area contributed by atoms with Crippen LogP contribution in [0, 0.1) is 69.5 Å². The van der Waals surface area contributed by atoms with Crippen LogP contribution >= 0.6 is 0 Å². The Balaban J connectivity index is 0.000000189. The average molecular weight is 977 g/mol. The molecule has 1 heterocycles. The van der Waals surface area contributed by atoms with Gasteiger partial charge in [-0.2, -0.15) is 0 Å². The van der Waals surface area contributed by atoms with E-state index in [0.29, 0.717) is 51.4 Å². The van der Waals surface area contributed by atoms with Crippen molar-refractivity contribution in [3.05, 3.63) is 23.3 Å². The lowest BCUT2D eigenvalue weighted by Gasteiger charge is -2.62. The second kappa shape index (κ2) is 18.7. The lowest BCUT2D eigenvalue weighted by atomic mass is 9.45. The fraction of sp³-hybridized carbons (Fsp3) is 0.782. The molecule has 9 aliphatic rings. The Kier molecular flexibility index (Phi) is 13.9. The molecular weight excluding hydrogens is 901 g/mol. The van der Waals surface area contributed by atoms with Crippen LogP contribution in [0.25, 0.3) is 0 Å². The van der Waals surface area contributed by atoms with Crippen molar-refractivity contribution in [2.75, 3.05) is 0 Å². The molecule has 19 atom stereocenters. The quantitative estimate of drug-likeness (QED) is 0.117. The molecular formula is C55H76O15. The Morgan fingerprint density at radius 1 is 0.571 bits per heavy atom. The first-order valence-corrected chi connectivity index (χ1v) is 25.7. The van der Waals surface area contributed by atoms with E-state index in [0.717, 1.165) is 49.7 Å². The summed E-state index contributed by atoms with van der Waals surface area (Å²) in [5.74, 6) is 0.413. The Labute approximate surface area is 412 Å². The number of terminal acetylenes is 1. The van der Waals surface area contributed by atoms with Crippen molar-refractivity contribution in [3.8, 4) is 12.3 Å². The van der Waals surface area contributed by atoms with Crippen LogP contribution in [0.1, 0.15) is 159 Å². The predicted molar refractivity (Wildman–Crippen MR) is 251 cm³/mol. The van der Waals surface area contributed by atoms with Gasteiger partial charge in [-0.1, -0.05) is 44.8 Å². The van der Waals surface area contributed by atoms with Crippen molar-refractivity contribution in [2.45, 2.75) is 213 Å². The van der Waals surface area contributed by atoms with Gasteiger partial charge in [-0.15, -0.1) is 6.42 Å². The molecule has 6 saturated carbocycles. The maximum atomic E-state index is 12.4. The number of ether oxygens (including phenoxy) is 7. The topological polar surface area (TPSA) is 207 Å². The number of hydrogen-bond donors (Lipinski definition) is 2. The Morgan fingerprint density at radius 2 is 0.971 bits per heavy atom. The number of hydrogen-bond acceptors (Lipinski definition) is 15. The van der Waals surface area contributed by atoms with Crippen molar-refractivity contribution in [2.24, 2.45) is 57.2 Å². The van der Waals surface area contributed by atoms with Crippen LogP contribution < -0.4 is 0 Å². The first kappa shape index (κ1) is 52.1. The summed E-state index contributed by atoms with van der Waals surface area (Å²) in [6.45, 7) is 17.1. The van der Waals surface area contributed by atoms with Gasteiger partial charge in [-0.3, -0.25) is 28.8 Å². The van der Waals surface area contributed by atoms with Gasteiger partial charge in [0.2, 0.25) is 0 Å². The van der Waals surface area contributed by atoms with Gasteiger partial charge in [0.1, 0.15) is 42.2 Å². The van der Waals surface area contributed by atoms with Crippen LogP contribution in [0.5, 0.6) is 0 Å². The van der Waals surface area contributed by atoms with E-state index in [9.17, 15) is 39.0 Å². The number of fused-ring (bicyclic) bond motifs is 11. The van der Waals surface area contributed by atoms with Crippen LogP contribution in [0.4, 0.5) is 0 Å². The SMILES string of the molecule is C#C[C@]1(O)CCC2C3C([C@H](OC(C)=O)C[C@@]21C)[C@@]1(C)CC[C@H](OC(C)=O)CC1=C[C@@H]3OC(C)=O.CC(=O)O[C@H]1CC[C@@]2(C)C(=C[C@H](OC(C)=O)C3C2[C@H](OC(C)=O)C[C@@]2(C)C3CCC23CCC(O)O3)C1. The molecule has 0 amide bonds. The maximum absolute atomic E-state index is 12.4. The Hall–Kier alpha value is -4.26. The second-order valence-corrected chi connectivity index (χ2v) is 23.5. The molecule has 0 bridgehead atoms. The molecule has 0 radical (unpaired) electrons. The molecule has 70 heavy (non-hydrogen) atoms. The van der Waals surface area contributed by atoms with E-state index >= 15 is 0 Å². The van der Waals surface area contributed by atoms with E-state index in [4.69, 9.17) is 39.6 Å². The Bertz CT molecular complexity index is 2250. The van der Waals surface area contributed by atoms with Crippen molar-refractivity contribution in [3.63, 3.8) is 0 Å². The van der Waals surface area contributed by atoms with Crippen molar-refractivity contribution >= 4 is 35.8 Å². The van der Waals surface area contributed by atoms with Crippen LogP contribution in [0.2, 0.25) is 0 Å². The molecule has 8 aliphatic carbocycles. The molecule has 1 aliphatic heterocycles. The van der Waals surface area contributed by atoms with Crippen molar-refractivity contribution in [1.29, 1.82) is 0 Å². The summed E-state index contributed by atoms with van der Waals surface area (Å²) in [6, 6.07) is 0. The number of aliphatic hydroxyl groups is 2. The second-order valence-electron chi connectivity index (χ2n) is 23.5. The van der Waals surface area contributed by atoms with Gasteiger partial charge >= 0.3 is 35.8 Å². The lowest BCUT2D eigenvalue weighted by Crippen LogP contribution is -2.63. The highest BCUT2D eigenvalue weighted by molar-refractivity contribution is 5.68. The highest BCUT2D eigenvalue weighted by atomic mass is 16.6. The van der Waals surface area contributed by atoms with Gasteiger partial charge in [0, 0.05) is 95.3 Å². The minimum Gasteiger partial charge on any atom is -0.462 e. The highest BCUT2D eigenvalue weighted by Gasteiger charge is 2.72. The summed E-state index contributed by atoms with van der Waals surface area (Å²) in [7, 11) is 0. The number of carbonyl (C=O) groups excluding carboxylic acids is 6. The molecule has 15 nitrogen and oxygen atoms in total. The summed E-state index contributed by atoms with van der Waals surface area (Å²) in [5.41, 5.74) is -1.21. The molecule has 15 heteroatoms.